The third kappa shape index (κ3) is 3.28. The molecule has 0 N–H and O–H groups in total. The van der Waals surface area contributed by atoms with Gasteiger partial charge in [-0.05, 0) is 23.8 Å². The Balaban J connectivity index is 2.91. The van der Waals surface area contributed by atoms with Gasteiger partial charge in [0, 0.05) is 0 Å². The Hall–Kier alpha value is -1.48. The predicted molar refractivity (Wildman–Crippen MR) is 64.3 cm³/mol. The molecule has 0 heterocycles. The maximum absolute atomic E-state index is 11.0. The fraction of sp³-hybridized carbons (Fsp3) is 0.250. The Morgan fingerprint density at radius 1 is 1.31 bits per heavy atom. The summed E-state index contributed by atoms with van der Waals surface area (Å²) in [5.41, 5.74) is 0.858. The number of methoxy groups -OCH3 is 2. The predicted octanol–water partition coefficient (Wildman–Crippen LogP) is 2.52. The number of carbonyl (C=O) groups is 1. The molecule has 0 aliphatic rings. The summed E-state index contributed by atoms with van der Waals surface area (Å²) in [5, 5.41) is 0. The van der Waals surface area contributed by atoms with Crippen LogP contribution in [0, 0.1) is 0 Å². The molecule has 0 spiro atoms. The van der Waals surface area contributed by atoms with Crippen molar-refractivity contribution in [3.63, 3.8) is 0 Å². The molecule has 0 unspecified atom stereocenters. The molecule has 0 amide bonds. The first-order valence-electron chi connectivity index (χ1n) is 4.70. The normalized spacial score (nSPS) is 10.4. The van der Waals surface area contributed by atoms with Gasteiger partial charge in [0.2, 0.25) is 0 Å². The van der Waals surface area contributed by atoms with E-state index in [2.05, 4.69) is 0 Å². The molecule has 0 aliphatic carbocycles. The van der Waals surface area contributed by atoms with Crippen LogP contribution in [0.15, 0.2) is 24.3 Å². The molecule has 16 heavy (non-hydrogen) atoms. The van der Waals surface area contributed by atoms with Gasteiger partial charge >= 0.3 is 0 Å². The monoisotopic (exact) mass is 240 g/mol. The molecule has 1 aromatic rings. The second kappa shape index (κ2) is 6.18. The first-order valence-corrected chi connectivity index (χ1v) is 5.23. The molecule has 0 aromatic heterocycles. The van der Waals surface area contributed by atoms with Gasteiger partial charge in [-0.3, -0.25) is 4.79 Å². The highest BCUT2D eigenvalue weighted by Crippen LogP contribution is 2.27. The van der Waals surface area contributed by atoms with Crippen LogP contribution < -0.4 is 9.47 Å². The molecule has 0 saturated carbocycles. The van der Waals surface area contributed by atoms with Crippen LogP contribution in [0.5, 0.6) is 11.5 Å². The Kier molecular flexibility index (Phi) is 4.86. The minimum absolute atomic E-state index is 0.0101. The van der Waals surface area contributed by atoms with Crippen molar-refractivity contribution in [3.05, 3.63) is 29.8 Å². The Morgan fingerprint density at radius 2 is 2.00 bits per heavy atom. The number of hydrogen-bond acceptors (Lipinski definition) is 3. The molecule has 86 valence electrons. The standard InChI is InChI=1S/C12H13ClO3/c1-15-11-6-4-9(7-12(11)16-2)3-5-10(14)8-13/h3-7H,8H2,1-2H3/b5-3+. The van der Waals surface area contributed by atoms with E-state index in [4.69, 9.17) is 21.1 Å². The van der Waals surface area contributed by atoms with Crippen molar-refractivity contribution in [3.8, 4) is 11.5 Å². The Labute approximate surface area is 99.6 Å². The van der Waals surface area contributed by atoms with E-state index in [1.54, 1.807) is 32.4 Å². The van der Waals surface area contributed by atoms with Gasteiger partial charge in [0.15, 0.2) is 17.3 Å². The SMILES string of the molecule is COc1ccc(/C=C/C(=O)CCl)cc1OC. The number of rotatable bonds is 5. The molecule has 0 fully saturated rings. The Bertz CT molecular complexity index is 399. The van der Waals surface area contributed by atoms with Crippen molar-refractivity contribution in [2.24, 2.45) is 0 Å². The first kappa shape index (κ1) is 12.6. The maximum Gasteiger partial charge on any atom is 0.170 e. The number of hydrogen-bond donors (Lipinski definition) is 0. The van der Waals surface area contributed by atoms with Crippen molar-refractivity contribution >= 4 is 23.5 Å². The van der Waals surface area contributed by atoms with Crippen molar-refractivity contribution in [1.82, 2.24) is 0 Å². The van der Waals surface area contributed by atoms with E-state index in [1.165, 1.54) is 6.08 Å². The quantitative estimate of drug-likeness (QED) is 0.586. The zero-order chi connectivity index (χ0) is 12.0. The van der Waals surface area contributed by atoms with Crippen LogP contribution in [-0.4, -0.2) is 25.9 Å². The number of ether oxygens (including phenoxy) is 2. The fourth-order valence-electron chi connectivity index (χ4n) is 1.19. The summed E-state index contributed by atoms with van der Waals surface area (Å²) < 4.78 is 10.2. The van der Waals surface area contributed by atoms with E-state index in [0.29, 0.717) is 11.5 Å². The van der Waals surface area contributed by atoms with Crippen LogP contribution in [0.1, 0.15) is 5.56 Å². The Morgan fingerprint density at radius 3 is 2.56 bits per heavy atom. The number of benzene rings is 1. The average Bonchev–Trinajstić information content (AvgIpc) is 2.35. The van der Waals surface area contributed by atoms with E-state index in [1.807, 2.05) is 6.07 Å². The lowest BCUT2D eigenvalue weighted by atomic mass is 10.2. The van der Waals surface area contributed by atoms with E-state index in [9.17, 15) is 4.79 Å². The number of halogens is 1. The van der Waals surface area contributed by atoms with E-state index < -0.39 is 0 Å². The van der Waals surface area contributed by atoms with E-state index in [0.717, 1.165) is 5.56 Å². The first-order chi connectivity index (χ1) is 7.71. The highest BCUT2D eigenvalue weighted by Gasteiger charge is 2.02. The minimum atomic E-state index is -0.128. The topological polar surface area (TPSA) is 35.5 Å². The summed E-state index contributed by atoms with van der Waals surface area (Å²) in [4.78, 5) is 11.0. The summed E-state index contributed by atoms with van der Waals surface area (Å²) >= 11 is 5.38. The van der Waals surface area contributed by atoms with Crippen LogP contribution in [0.3, 0.4) is 0 Å². The number of allylic oxidation sites excluding steroid dienone is 1. The largest absolute Gasteiger partial charge is 0.493 e. The third-order valence-electron chi connectivity index (χ3n) is 2.00. The molecule has 3 nitrogen and oxygen atoms in total. The maximum atomic E-state index is 11.0. The number of carbonyl (C=O) groups excluding carboxylic acids is 1. The zero-order valence-electron chi connectivity index (χ0n) is 9.20. The second-order valence-electron chi connectivity index (χ2n) is 3.05. The van der Waals surface area contributed by atoms with E-state index in [-0.39, 0.29) is 11.7 Å². The van der Waals surface area contributed by atoms with Crippen LogP contribution in [0.4, 0.5) is 0 Å². The highest BCUT2D eigenvalue weighted by molar-refractivity contribution is 6.29. The van der Waals surface area contributed by atoms with Crippen LogP contribution >= 0.6 is 11.6 Å². The van der Waals surface area contributed by atoms with Gasteiger partial charge in [-0.2, -0.15) is 0 Å². The third-order valence-corrected chi connectivity index (χ3v) is 2.26. The minimum Gasteiger partial charge on any atom is -0.493 e. The summed E-state index contributed by atoms with van der Waals surface area (Å²) in [7, 11) is 3.14. The van der Waals surface area contributed by atoms with Crippen LogP contribution in [0.25, 0.3) is 6.08 Å². The lowest BCUT2D eigenvalue weighted by Gasteiger charge is -2.07. The van der Waals surface area contributed by atoms with Gasteiger partial charge in [0.05, 0.1) is 20.1 Å². The molecular weight excluding hydrogens is 228 g/mol. The lowest BCUT2D eigenvalue weighted by Crippen LogP contribution is -1.93. The molecule has 0 bridgehead atoms. The van der Waals surface area contributed by atoms with Crippen molar-refractivity contribution in [2.45, 2.75) is 0 Å². The molecule has 0 radical (unpaired) electrons. The molecule has 4 heteroatoms. The highest BCUT2D eigenvalue weighted by atomic mass is 35.5. The van der Waals surface area contributed by atoms with Gasteiger partial charge in [0.1, 0.15) is 0 Å². The molecular formula is C12H13ClO3. The number of alkyl halides is 1. The number of ketones is 1. The van der Waals surface area contributed by atoms with Crippen LogP contribution in [0.2, 0.25) is 0 Å². The smallest absolute Gasteiger partial charge is 0.170 e. The van der Waals surface area contributed by atoms with Crippen molar-refractivity contribution in [1.29, 1.82) is 0 Å². The summed E-state index contributed by atoms with van der Waals surface area (Å²) in [6, 6.07) is 5.40. The molecule has 0 aliphatic heterocycles. The summed E-state index contributed by atoms with van der Waals surface area (Å²) in [5.74, 6) is 1.15. The molecule has 0 saturated heterocycles. The van der Waals surface area contributed by atoms with Gasteiger partial charge in [-0.15, -0.1) is 11.6 Å². The van der Waals surface area contributed by atoms with E-state index >= 15 is 0 Å². The second-order valence-corrected chi connectivity index (χ2v) is 3.31. The van der Waals surface area contributed by atoms with Gasteiger partial charge in [-0.1, -0.05) is 12.1 Å². The molecule has 0 atom stereocenters. The summed E-state index contributed by atoms with van der Waals surface area (Å²) in [6.45, 7) is 0. The lowest BCUT2D eigenvalue weighted by molar-refractivity contribution is -0.112. The van der Waals surface area contributed by atoms with Crippen molar-refractivity contribution in [2.75, 3.05) is 20.1 Å². The molecule has 1 rings (SSSR count). The zero-order valence-corrected chi connectivity index (χ0v) is 9.95. The van der Waals surface area contributed by atoms with Gasteiger partial charge in [0.25, 0.3) is 0 Å². The van der Waals surface area contributed by atoms with Gasteiger partial charge in [-0.25, -0.2) is 0 Å². The average molecular weight is 241 g/mol. The van der Waals surface area contributed by atoms with Crippen LogP contribution in [-0.2, 0) is 4.79 Å². The molecule has 1 aromatic carbocycles. The van der Waals surface area contributed by atoms with Gasteiger partial charge < -0.3 is 9.47 Å². The summed E-state index contributed by atoms with van der Waals surface area (Å²) in [6.07, 6.45) is 3.13. The fourth-order valence-corrected chi connectivity index (χ4v) is 1.28. The van der Waals surface area contributed by atoms with Crippen molar-refractivity contribution < 1.29 is 14.3 Å².